The Kier molecular flexibility index (Phi) is 3.82. The van der Waals surface area contributed by atoms with Crippen molar-refractivity contribution in [3.8, 4) is 11.3 Å². The SMILES string of the molecule is Cc1c(NC(=O)/C=C/c2ccco2)n[nH]c1-c1ccncc1. The molecule has 0 spiro atoms. The summed E-state index contributed by atoms with van der Waals surface area (Å²) in [5.41, 5.74) is 2.69. The maximum atomic E-state index is 11.9. The molecule has 3 aromatic heterocycles. The highest BCUT2D eigenvalue weighted by Crippen LogP contribution is 2.25. The highest BCUT2D eigenvalue weighted by molar-refractivity contribution is 6.02. The van der Waals surface area contributed by atoms with Gasteiger partial charge in [0.2, 0.25) is 5.91 Å². The van der Waals surface area contributed by atoms with Gasteiger partial charge in [-0.25, -0.2) is 0 Å². The fraction of sp³-hybridized carbons (Fsp3) is 0.0625. The largest absolute Gasteiger partial charge is 0.465 e. The Morgan fingerprint density at radius 1 is 1.32 bits per heavy atom. The zero-order valence-electron chi connectivity index (χ0n) is 11.9. The summed E-state index contributed by atoms with van der Waals surface area (Å²) in [6, 6.07) is 7.29. The van der Waals surface area contributed by atoms with Crippen LogP contribution >= 0.6 is 0 Å². The minimum absolute atomic E-state index is 0.271. The molecule has 0 fully saturated rings. The number of carbonyl (C=O) groups excluding carboxylic acids is 1. The molecule has 0 aliphatic heterocycles. The lowest BCUT2D eigenvalue weighted by Gasteiger charge is -2.00. The van der Waals surface area contributed by atoms with Gasteiger partial charge in [0, 0.05) is 29.6 Å². The molecule has 22 heavy (non-hydrogen) atoms. The molecule has 0 aliphatic carbocycles. The normalized spacial score (nSPS) is 11.0. The maximum absolute atomic E-state index is 11.9. The average Bonchev–Trinajstić information content (AvgIpc) is 3.17. The number of rotatable bonds is 4. The molecule has 0 unspecified atom stereocenters. The van der Waals surface area contributed by atoms with E-state index < -0.39 is 0 Å². The second kappa shape index (κ2) is 6.09. The molecule has 0 aliphatic rings. The first kappa shape index (κ1) is 13.8. The van der Waals surface area contributed by atoms with Crippen LogP contribution in [0.2, 0.25) is 0 Å². The molecule has 110 valence electrons. The fourth-order valence-corrected chi connectivity index (χ4v) is 2.02. The predicted octanol–water partition coefficient (Wildman–Crippen LogP) is 3.03. The molecule has 0 saturated carbocycles. The van der Waals surface area contributed by atoms with Crippen molar-refractivity contribution >= 4 is 17.8 Å². The van der Waals surface area contributed by atoms with Gasteiger partial charge in [-0.05, 0) is 37.3 Å². The number of nitrogens with one attached hydrogen (secondary N) is 2. The van der Waals surface area contributed by atoms with E-state index in [2.05, 4.69) is 20.5 Å². The van der Waals surface area contributed by atoms with Gasteiger partial charge in [0.1, 0.15) is 5.76 Å². The summed E-state index contributed by atoms with van der Waals surface area (Å²) in [6.45, 7) is 1.89. The third kappa shape index (κ3) is 2.95. The number of furan rings is 1. The first-order valence-corrected chi connectivity index (χ1v) is 6.72. The Morgan fingerprint density at radius 3 is 2.86 bits per heavy atom. The quantitative estimate of drug-likeness (QED) is 0.724. The first-order chi connectivity index (χ1) is 10.7. The predicted molar refractivity (Wildman–Crippen MR) is 82.9 cm³/mol. The minimum atomic E-state index is -0.271. The van der Waals surface area contributed by atoms with E-state index in [1.165, 1.54) is 6.08 Å². The number of carbonyl (C=O) groups is 1. The van der Waals surface area contributed by atoms with Crippen LogP contribution in [0.3, 0.4) is 0 Å². The van der Waals surface area contributed by atoms with Crippen LogP contribution in [0.1, 0.15) is 11.3 Å². The lowest BCUT2D eigenvalue weighted by molar-refractivity contribution is -0.111. The van der Waals surface area contributed by atoms with Gasteiger partial charge in [0.05, 0.1) is 12.0 Å². The van der Waals surface area contributed by atoms with Crippen LogP contribution in [-0.4, -0.2) is 21.1 Å². The summed E-state index contributed by atoms with van der Waals surface area (Å²) in [5, 5.41) is 9.81. The Bertz CT molecular complexity index is 789. The van der Waals surface area contributed by atoms with Gasteiger partial charge in [0.25, 0.3) is 0 Å². The maximum Gasteiger partial charge on any atom is 0.249 e. The van der Waals surface area contributed by atoms with Crippen molar-refractivity contribution in [2.75, 3.05) is 5.32 Å². The Morgan fingerprint density at radius 2 is 2.14 bits per heavy atom. The molecular weight excluding hydrogens is 280 g/mol. The highest BCUT2D eigenvalue weighted by atomic mass is 16.3. The summed E-state index contributed by atoms with van der Waals surface area (Å²) in [7, 11) is 0. The number of anilines is 1. The summed E-state index contributed by atoms with van der Waals surface area (Å²) in [4.78, 5) is 15.9. The van der Waals surface area contributed by atoms with Gasteiger partial charge in [-0.1, -0.05) is 0 Å². The standard InChI is InChI=1S/C16H14N4O2/c1-11-15(12-6-8-17-9-7-12)19-20-16(11)18-14(21)5-4-13-3-2-10-22-13/h2-10H,1H3,(H2,18,19,20,21)/b5-4+. The third-order valence-corrected chi connectivity index (χ3v) is 3.16. The van der Waals surface area contributed by atoms with E-state index in [1.54, 1.807) is 36.9 Å². The Hall–Kier alpha value is -3.15. The topological polar surface area (TPSA) is 83.8 Å². The molecule has 6 heteroatoms. The molecule has 0 bridgehead atoms. The minimum Gasteiger partial charge on any atom is -0.465 e. The monoisotopic (exact) mass is 294 g/mol. The summed E-state index contributed by atoms with van der Waals surface area (Å²) in [6.07, 6.45) is 7.97. The smallest absolute Gasteiger partial charge is 0.249 e. The molecule has 1 amide bonds. The van der Waals surface area contributed by atoms with Crippen molar-refractivity contribution in [2.45, 2.75) is 6.92 Å². The van der Waals surface area contributed by atoms with Gasteiger partial charge in [0.15, 0.2) is 5.82 Å². The van der Waals surface area contributed by atoms with Crippen molar-refractivity contribution in [3.63, 3.8) is 0 Å². The van der Waals surface area contributed by atoms with Crippen molar-refractivity contribution in [2.24, 2.45) is 0 Å². The number of H-pyrrole nitrogens is 1. The van der Waals surface area contributed by atoms with Crippen molar-refractivity contribution < 1.29 is 9.21 Å². The molecule has 3 rings (SSSR count). The zero-order valence-corrected chi connectivity index (χ0v) is 11.9. The number of amides is 1. The van der Waals surface area contributed by atoms with Crippen molar-refractivity contribution in [3.05, 3.63) is 60.3 Å². The second-order valence-electron chi connectivity index (χ2n) is 4.65. The van der Waals surface area contributed by atoms with Crippen LogP contribution in [0, 0.1) is 6.92 Å². The number of hydrogen-bond acceptors (Lipinski definition) is 4. The van der Waals surface area contributed by atoms with Crippen LogP contribution in [0.25, 0.3) is 17.3 Å². The number of aromatic nitrogens is 3. The van der Waals surface area contributed by atoms with Crippen LogP contribution < -0.4 is 5.32 Å². The van der Waals surface area contributed by atoms with Gasteiger partial charge in [-0.15, -0.1) is 0 Å². The first-order valence-electron chi connectivity index (χ1n) is 6.72. The van der Waals surface area contributed by atoms with E-state index in [-0.39, 0.29) is 5.91 Å². The molecule has 3 aromatic rings. The van der Waals surface area contributed by atoms with Gasteiger partial charge in [-0.3, -0.25) is 14.9 Å². The molecule has 3 heterocycles. The van der Waals surface area contributed by atoms with E-state index in [4.69, 9.17) is 4.42 Å². The molecular formula is C16H14N4O2. The van der Waals surface area contributed by atoms with Gasteiger partial charge in [-0.2, -0.15) is 5.10 Å². The average molecular weight is 294 g/mol. The summed E-state index contributed by atoms with van der Waals surface area (Å²) >= 11 is 0. The Balaban J connectivity index is 1.74. The van der Waals surface area contributed by atoms with Crippen LogP contribution in [0.5, 0.6) is 0 Å². The number of hydrogen-bond donors (Lipinski definition) is 2. The van der Waals surface area contributed by atoms with Crippen molar-refractivity contribution in [1.29, 1.82) is 0 Å². The van der Waals surface area contributed by atoms with Gasteiger partial charge >= 0.3 is 0 Å². The summed E-state index contributed by atoms with van der Waals surface area (Å²) < 4.78 is 5.13. The fourth-order valence-electron chi connectivity index (χ4n) is 2.02. The van der Waals surface area contributed by atoms with E-state index in [0.717, 1.165) is 16.8 Å². The molecule has 0 atom stereocenters. The Labute approximate surface area is 126 Å². The van der Waals surface area contributed by atoms with Crippen LogP contribution in [0.4, 0.5) is 5.82 Å². The molecule has 0 aromatic carbocycles. The van der Waals surface area contributed by atoms with Crippen LogP contribution in [-0.2, 0) is 4.79 Å². The van der Waals surface area contributed by atoms with Crippen LogP contribution in [0.15, 0.2) is 53.4 Å². The molecule has 0 saturated heterocycles. The molecule has 2 N–H and O–H groups in total. The highest BCUT2D eigenvalue weighted by Gasteiger charge is 2.11. The van der Waals surface area contributed by atoms with Crippen molar-refractivity contribution in [1.82, 2.24) is 15.2 Å². The van der Waals surface area contributed by atoms with Gasteiger partial charge < -0.3 is 9.73 Å². The third-order valence-electron chi connectivity index (χ3n) is 3.16. The number of aromatic amines is 1. The van der Waals surface area contributed by atoms with E-state index in [9.17, 15) is 4.79 Å². The zero-order chi connectivity index (χ0) is 15.4. The second-order valence-corrected chi connectivity index (χ2v) is 4.65. The number of pyridine rings is 1. The summed E-state index contributed by atoms with van der Waals surface area (Å²) in [5.74, 6) is 0.847. The lowest BCUT2D eigenvalue weighted by atomic mass is 10.1. The number of nitrogens with zero attached hydrogens (tertiary/aromatic N) is 2. The molecule has 0 radical (unpaired) electrons. The van der Waals surface area contributed by atoms with E-state index in [0.29, 0.717) is 11.6 Å². The van der Waals surface area contributed by atoms with E-state index in [1.807, 2.05) is 19.1 Å². The molecule has 6 nitrogen and oxygen atoms in total. The van der Waals surface area contributed by atoms with E-state index >= 15 is 0 Å². The lowest BCUT2D eigenvalue weighted by Crippen LogP contribution is -2.09.